The number of aldehydes is 1. The SMILES string of the molecule is O=Cc1ccc(Cc2ccccn2)c(F)c1. The lowest BCUT2D eigenvalue weighted by Crippen LogP contribution is -1.96. The Morgan fingerprint density at radius 1 is 1.25 bits per heavy atom. The minimum Gasteiger partial charge on any atom is -0.298 e. The van der Waals surface area contributed by atoms with E-state index in [4.69, 9.17) is 0 Å². The molecule has 0 fully saturated rings. The molecule has 2 rings (SSSR count). The van der Waals surface area contributed by atoms with Crippen LogP contribution in [0.1, 0.15) is 21.6 Å². The average molecular weight is 215 g/mol. The van der Waals surface area contributed by atoms with E-state index in [-0.39, 0.29) is 5.82 Å². The van der Waals surface area contributed by atoms with Crippen LogP contribution in [0.25, 0.3) is 0 Å². The number of nitrogens with zero attached hydrogens (tertiary/aromatic N) is 1. The molecule has 0 atom stereocenters. The van der Waals surface area contributed by atoms with Gasteiger partial charge in [0.15, 0.2) is 0 Å². The minimum atomic E-state index is -0.366. The van der Waals surface area contributed by atoms with Crippen molar-refractivity contribution in [2.75, 3.05) is 0 Å². The van der Waals surface area contributed by atoms with E-state index in [1.807, 2.05) is 18.2 Å². The molecule has 0 N–H and O–H groups in total. The molecule has 0 saturated carbocycles. The third-order valence-electron chi connectivity index (χ3n) is 2.31. The third kappa shape index (κ3) is 2.31. The number of carbonyl (C=O) groups excluding carboxylic acids is 1. The van der Waals surface area contributed by atoms with Gasteiger partial charge in [-0.15, -0.1) is 0 Å². The van der Waals surface area contributed by atoms with Crippen LogP contribution in [0.2, 0.25) is 0 Å². The van der Waals surface area contributed by atoms with Gasteiger partial charge >= 0.3 is 0 Å². The highest BCUT2D eigenvalue weighted by Gasteiger charge is 2.04. The summed E-state index contributed by atoms with van der Waals surface area (Å²) in [5.41, 5.74) is 1.70. The Labute approximate surface area is 92.8 Å². The summed E-state index contributed by atoms with van der Waals surface area (Å²) >= 11 is 0. The molecule has 2 aromatic rings. The Bertz CT molecular complexity index is 497. The highest BCUT2D eigenvalue weighted by Crippen LogP contribution is 2.13. The van der Waals surface area contributed by atoms with Crippen molar-refractivity contribution in [1.29, 1.82) is 0 Å². The second-order valence-electron chi connectivity index (χ2n) is 3.47. The second-order valence-corrected chi connectivity index (χ2v) is 3.47. The van der Waals surface area contributed by atoms with Gasteiger partial charge in [-0.3, -0.25) is 9.78 Å². The Kier molecular flexibility index (Phi) is 3.05. The topological polar surface area (TPSA) is 30.0 Å². The molecule has 0 aliphatic carbocycles. The number of hydrogen-bond donors (Lipinski definition) is 0. The molecular formula is C13H10FNO. The van der Waals surface area contributed by atoms with Crippen LogP contribution < -0.4 is 0 Å². The van der Waals surface area contributed by atoms with Crippen molar-refractivity contribution in [3.05, 3.63) is 65.2 Å². The molecule has 1 aromatic carbocycles. The summed E-state index contributed by atoms with van der Waals surface area (Å²) in [4.78, 5) is 14.6. The van der Waals surface area contributed by atoms with Gasteiger partial charge in [-0.1, -0.05) is 18.2 Å². The van der Waals surface area contributed by atoms with Gasteiger partial charge in [0.25, 0.3) is 0 Å². The van der Waals surface area contributed by atoms with E-state index in [0.29, 0.717) is 23.8 Å². The summed E-state index contributed by atoms with van der Waals surface area (Å²) in [6.07, 6.45) is 2.74. The highest BCUT2D eigenvalue weighted by atomic mass is 19.1. The minimum absolute atomic E-state index is 0.349. The van der Waals surface area contributed by atoms with E-state index >= 15 is 0 Å². The number of carbonyl (C=O) groups is 1. The summed E-state index contributed by atoms with van der Waals surface area (Å²) in [7, 11) is 0. The molecule has 0 aliphatic rings. The van der Waals surface area contributed by atoms with Gasteiger partial charge in [0, 0.05) is 23.9 Å². The van der Waals surface area contributed by atoms with Crippen molar-refractivity contribution in [3.8, 4) is 0 Å². The van der Waals surface area contributed by atoms with Crippen molar-refractivity contribution in [1.82, 2.24) is 4.98 Å². The predicted molar refractivity (Wildman–Crippen MR) is 58.8 cm³/mol. The summed E-state index contributed by atoms with van der Waals surface area (Å²) in [5.74, 6) is -0.366. The standard InChI is InChI=1S/C13H10FNO/c14-13-7-10(9-16)4-5-11(13)8-12-3-1-2-6-15-12/h1-7,9H,8H2. The Morgan fingerprint density at radius 2 is 2.12 bits per heavy atom. The van der Waals surface area contributed by atoms with E-state index in [0.717, 1.165) is 5.69 Å². The number of hydrogen-bond acceptors (Lipinski definition) is 2. The molecule has 0 amide bonds. The molecule has 0 unspecified atom stereocenters. The molecule has 2 nitrogen and oxygen atoms in total. The zero-order valence-electron chi connectivity index (χ0n) is 8.56. The molecule has 0 saturated heterocycles. The van der Waals surface area contributed by atoms with Crippen molar-refractivity contribution >= 4 is 6.29 Å². The van der Waals surface area contributed by atoms with Gasteiger partial charge < -0.3 is 0 Å². The van der Waals surface area contributed by atoms with Crippen LogP contribution in [-0.4, -0.2) is 11.3 Å². The third-order valence-corrected chi connectivity index (χ3v) is 2.31. The molecule has 0 spiro atoms. The van der Waals surface area contributed by atoms with Crippen LogP contribution in [-0.2, 0) is 6.42 Å². The normalized spacial score (nSPS) is 10.1. The summed E-state index contributed by atoms with van der Waals surface area (Å²) < 4.78 is 13.5. The zero-order chi connectivity index (χ0) is 11.4. The van der Waals surface area contributed by atoms with Crippen molar-refractivity contribution in [3.63, 3.8) is 0 Å². The van der Waals surface area contributed by atoms with E-state index in [2.05, 4.69) is 4.98 Å². The fraction of sp³-hybridized carbons (Fsp3) is 0.0769. The van der Waals surface area contributed by atoms with E-state index < -0.39 is 0 Å². The zero-order valence-corrected chi connectivity index (χ0v) is 8.56. The number of rotatable bonds is 3. The fourth-order valence-corrected chi connectivity index (χ4v) is 1.48. The maximum Gasteiger partial charge on any atom is 0.150 e. The lowest BCUT2D eigenvalue weighted by molar-refractivity contribution is 0.112. The Hall–Kier alpha value is -2.03. The van der Waals surface area contributed by atoms with Crippen LogP contribution in [0.5, 0.6) is 0 Å². The largest absolute Gasteiger partial charge is 0.298 e. The maximum atomic E-state index is 13.5. The fourth-order valence-electron chi connectivity index (χ4n) is 1.48. The molecule has 16 heavy (non-hydrogen) atoms. The quantitative estimate of drug-likeness (QED) is 0.737. The van der Waals surface area contributed by atoms with Gasteiger partial charge in [0.1, 0.15) is 12.1 Å². The van der Waals surface area contributed by atoms with E-state index in [1.165, 1.54) is 6.07 Å². The number of aromatic nitrogens is 1. The predicted octanol–water partition coefficient (Wildman–Crippen LogP) is 2.62. The van der Waals surface area contributed by atoms with E-state index in [1.54, 1.807) is 18.3 Å². The summed E-state index contributed by atoms with van der Waals surface area (Å²) in [6.45, 7) is 0. The highest BCUT2D eigenvalue weighted by molar-refractivity contribution is 5.74. The van der Waals surface area contributed by atoms with Crippen LogP contribution in [0.3, 0.4) is 0 Å². The van der Waals surface area contributed by atoms with Crippen LogP contribution in [0.4, 0.5) is 4.39 Å². The maximum absolute atomic E-state index is 13.5. The molecule has 0 bridgehead atoms. The molecule has 80 valence electrons. The Balaban J connectivity index is 2.25. The summed E-state index contributed by atoms with van der Waals surface area (Å²) in [6, 6.07) is 9.98. The Morgan fingerprint density at radius 3 is 2.75 bits per heavy atom. The van der Waals surface area contributed by atoms with Gasteiger partial charge in [0.05, 0.1) is 0 Å². The average Bonchev–Trinajstić information content (AvgIpc) is 2.33. The van der Waals surface area contributed by atoms with Gasteiger partial charge in [0.2, 0.25) is 0 Å². The number of pyridine rings is 1. The first-order valence-electron chi connectivity index (χ1n) is 4.93. The summed E-state index contributed by atoms with van der Waals surface area (Å²) in [5, 5.41) is 0. The van der Waals surface area contributed by atoms with E-state index in [9.17, 15) is 9.18 Å². The van der Waals surface area contributed by atoms with Gasteiger partial charge in [-0.2, -0.15) is 0 Å². The van der Waals surface area contributed by atoms with Gasteiger partial charge in [-0.05, 0) is 23.8 Å². The van der Waals surface area contributed by atoms with Crippen molar-refractivity contribution < 1.29 is 9.18 Å². The lowest BCUT2D eigenvalue weighted by atomic mass is 10.1. The van der Waals surface area contributed by atoms with Crippen molar-refractivity contribution in [2.24, 2.45) is 0 Å². The van der Waals surface area contributed by atoms with Gasteiger partial charge in [-0.25, -0.2) is 4.39 Å². The molecule has 0 radical (unpaired) electrons. The molecule has 3 heteroatoms. The monoisotopic (exact) mass is 215 g/mol. The molecule has 1 aromatic heterocycles. The first kappa shape index (κ1) is 10.5. The molecule has 1 heterocycles. The van der Waals surface area contributed by atoms with Crippen molar-refractivity contribution in [2.45, 2.75) is 6.42 Å². The van der Waals surface area contributed by atoms with Crippen LogP contribution >= 0.6 is 0 Å². The van der Waals surface area contributed by atoms with Crippen LogP contribution in [0, 0.1) is 5.82 Å². The number of halogens is 1. The molecular weight excluding hydrogens is 205 g/mol. The number of benzene rings is 1. The smallest absolute Gasteiger partial charge is 0.150 e. The first-order valence-corrected chi connectivity index (χ1v) is 4.93. The second kappa shape index (κ2) is 4.66. The lowest BCUT2D eigenvalue weighted by Gasteiger charge is -2.03. The van der Waals surface area contributed by atoms with Crippen LogP contribution in [0.15, 0.2) is 42.6 Å². The molecule has 0 aliphatic heterocycles. The first-order chi connectivity index (χ1) is 7.79.